The van der Waals surface area contributed by atoms with Crippen molar-refractivity contribution in [2.24, 2.45) is 0 Å². The van der Waals surface area contributed by atoms with E-state index in [1.165, 1.54) is 16.9 Å². The molecular formula is C14H11N3S. The molecule has 0 radical (unpaired) electrons. The fourth-order valence-electron chi connectivity index (χ4n) is 2.49. The number of thiophene rings is 1. The van der Waals surface area contributed by atoms with Crippen molar-refractivity contribution < 1.29 is 0 Å². The Hall–Kier alpha value is -2.04. The van der Waals surface area contributed by atoms with Crippen LogP contribution in [0.25, 0.3) is 5.00 Å². The summed E-state index contributed by atoms with van der Waals surface area (Å²) in [5.74, 6) is 0. The monoisotopic (exact) mass is 253 g/mol. The van der Waals surface area contributed by atoms with Crippen molar-refractivity contribution in [1.82, 2.24) is 4.57 Å². The number of aromatic nitrogens is 1. The van der Waals surface area contributed by atoms with E-state index in [9.17, 15) is 5.26 Å². The summed E-state index contributed by atoms with van der Waals surface area (Å²) in [5, 5.41) is 19.4. The first-order valence-corrected chi connectivity index (χ1v) is 6.79. The Labute approximate surface area is 110 Å². The molecular weight excluding hydrogens is 242 g/mol. The molecule has 88 valence electrons. The van der Waals surface area contributed by atoms with Crippen molar-refractivity contribution in [3.8, 4) is 17.1 Å². The summed E-state index contributed by atoms with van der Waals surface area (Å²) in [5.41, 5.74) is 2.56. The molecule has 0 saturated carbocycles. The maximum Gasteiger partial charge on any atom is 0.125 e. The summed E-state index contributed by atoms with van der Waals surface area (Å²) in [7, 11) is 0. The van der Waals surface area contributed by atoms with Crippen LogP contribution in [0.3, 0.4) is 0 Å². The molecule has 0 unspecified atom stereocenters. The Balaban J connectivity index is 2.22. The van der Waals surface area contributed by atoms with Crippen molar-refractivity contribution in [2.45, 2.75) is 25.7 Å². The first-order chi connectivity index (χ1) is 8.85. The number of nitrogens with zero attached hydrogens (tertiary/aromatic N) is 3. The molecule has 2 aromatic rings. The van der Waals surface area contributed by atoms with Crippen LogP contribution in [0.5, 0.6) is 0 Å². The summed E-state index contributed by atoms with van der Waals surface area (Å²) in [4.78, 5) is 1.32. The van der Waals surface area contributed by atoms with Crippen LogP contribution in [0, 0.1) is 22.7 Å². The summed E-state index contributed by atoms with van der Waals surface area (Å²) >= 11 is 1.66. The first-order valence-electron chi connectivity index (χ1n) is 5.97. The van der Waals surface area contributed by atoms with E-state index in [4.69, 9.17) is 5.26 Å². The first kappa shape index (κ1) is 11.1. The Morgan fingerprint density at radius 3 is 2.78 bits per heavy atom. The number of nitriles is 2. The molecule has 0 aliphatic heterocycles. The number of fused-ring (bicyclic) bond motifs is 1. The van der Waals surface area contributed by atoms with Gasteiger partial charge in [0.25, 0.3) is 0 Å². The predicted octanol–water partition coefficient (Wildman–Crippen LogP) is 3.16. The van der Waals surface area contributed by atoms with Gasteiger partial charge in [0.15, 0.2) is 0 Å². The molecule has 0 amide bonds. The minimum absolute atomic E-state index is 0.588. The van der Waals surface area contributed by atoms with Gasteiger partial charge in [-0.05, 0) is 43.4 Å². The van der Waals surface area contributed by atoms with Crippen molar-refractivity contribution in [1.29, 1.82) is 10.5 Å². The van der Waals surface area contributed by atoms with E-state index in [0.29, 0.717) is 5.69 Å². The van der Waals surface area contributed by atoms with E-state index in [2.05, 4.69) is 12.1 Å². The molecule has 2 heterocycles. The molecule has 3 rings (SSSR count). The molecule has 0 spiro atoms. The van der Waals surface area contributed by atoms with Crippen LogP contribution in [0.1, 0.15) is 34.5 Å². The van der Waals surface area contributed by atoms with E-state index in [0.717, 1.165) is 29.8 Å². The normalized spacial score (nSPS) is 13.7. The highest BCUT2D eigenvalue weighted by Gasteiger charge is 2.22. The van der Waals surface area contributed by atoms with Crippen molar-refractivity contribution in [3.05, 3.63) is 40.0 Å². The molecule has 0 fully saturated rings. The molecule has 0 N–H and O–H groups in total. The number of aryl methyl sites for hydroxylation is 1. The fourth-order valence-corrected chi connectivity index (χ4v) is 3.82. The maximum atomic E-state index is 9.39. The summed E-state index contributed by atoms with van der Waals surface area (Å²) in [6.45, 7) is 0. The lowest BCUT2D eigenvalue weighted by molar-refractivity contribution is 0.695. The zero-order valence-corrected chi connectivity index (χ0v) is 10.6. The van der Waals surface area contributed by atoms with Crippen LogP contribution in [-0.2, 0) is 12.8 Å². The third-order valence-corrected chi connectivity index (χ3v) is 4.64. The third-order valence-electron chi connectivity index (χ3n) is 3.35. The predicted molar refractivity (Wildman–Crippen MR) is 69.7 cm³/mol. The smallest absolute Gasteiger partial charge is 0.125 e. The lowest BCUT2D eigenvalue weighted by Crippen LogP contribution is -2.00. The number of hydrogen-bond donors (Lipinski definition) is 0. The largest absolute Gasteiger partial charge is 0.298 e. The summed E-state index contributed by atoms with van der Waals surface area (Å²) in [6, 6.07) is 8.11. The van der Waals surface area contributed by atoms with E-state index in [1.807, 2.05) is 16.8 Å². The van der Waals surface area contributed by atoms with Gasteiger partial charge in [0.2, 0.25) is 0 Å². The highest BCUT2D eigenvalue weighted by atomic mass is 32.1. The van der Waals surface area contributed by atoms with E-state index in [-0.39, 0.29) is 0 Å². The van der Waals surface area contributed by atoms with E-state index < -0.39 is 0 Å². The van der Waals surface area contributed by atoms with Crippen LogP contribution in [0.4, 0.5) is 0 Å². The zero-order valence-electron chi connectivity index (χ0n) is 9.81. The lowest BCUT2D eigenvalue weighted by Gasteiger charge is -2.09. The molecule has 0 saturated heterocycles. The molecule has 0 atom stereocenters. The SMILES string of the molecule is N#Cc1c(-n2cccc2C#N)sc2c1CCCC2. The van der Waals surface area contributed by atoms with Crippen LogP contribution in [0.2, 0.25) is 0 Å². The quantitative estimate of drug-likeness (QED) is 0.783. The molecule has 0 aromatic carbocycles. The third kappa shape index (κ3) is 1.54. The molecule has 18 heavy (non-hydrogen) atoms. The minimum atomic E-state index is 0.588. The standard InChI is InChI=1S/C14H11N3S/c15-8-10-4-3-7-17(10)14-12(9-16)11-5-1-2-6-13(11)18-14/h3-4,7H,1-2,5-6H2. The topological polar surface area (TPSA) is 52.5 Å². The summed E-state index contributed by atoms with van der Waals surface area (Å²) in [6.07, 6.45) is 6.29. The molecule has 0 bridgehead atoms. The van der Waals surface area contributed by atoms with E-state index >= 15 is 0 Å². The van der Waals surface area contributed by atoms with E-state index in [1.54, 1.807) is 17.4 Å². The average molecular weight is 253 g/mol. The van der Waals surface area contributed by atoms with Crippen LogP contribution in [-0.4, -0.2) is 4.57 Å². The van der Waals surface area contributed by atoms with Gasteiger partial charge >= 0.3 is 0 Å². The fraction of sp³-hybridized carbons (Fsp3) is 0.286. The van der Waals surface area contributed by atoms with Gasteiger partial charge in [0.1, 0.15) is 22.8 Å². The highest BCUT2D eigenvalue weighted by Crippen LogP contribution is 2.36. The molecule has 3 nitrogen and oxygen atoms in total. The van der Waals surface area contributed by atoms with Gasteiger partial charge in [-0.2, -0.15) is 10.5 Å². The van der Waals surface area contributed by atoms with Gasteiger partial charge in [-0.25, -0.2) is 0 Å². The summed E-state index contributed by atoms with van der Waals surface area (Å²) < 4.78 is 1.83. The van der Waals surface area contributed by atoms with Crippen LogP contribution < -0.4 is 0 Å². The lowest BCUT2D eigenvalue weighted by atomic mass is 9.96. The molecule has 4 heteroatoms. The van der Waals surface area contributed by atoms with Crippen LogP contribution >= 0.6 is 11.3 Å². The Bertz CT molecular complexity index is 679. The molecule has 1 aliphatic carbocycles. The zero-order chi connectivity index (χ0) is 12.5. The van der Waals surface area contributed by atoms with Crippen molar-refractivity contribution in [3.63, 3.8) is 0 Å². The Morgan fingerprint density at radius 2 is 2.00 bits per heavy atom. The van der Waals surface area contributed by atoms with Gasteiger partial charge in [-0.1, -0.05) is 0 Å². The van der Waals surface area contributed by atoms with Gasteiger partial charge in [0, 0.05) is 11.1 Å². The van der Waals surface area contributed by atoms with Gasteiger partial charge in [0.05, 0.1) is 5.56 Å². The second-order valence-corrected chi connectivity index (χ2v) is 5.46. The average Bonchev–Trinajstić information content (AvgIpc) is 3.01. The van der Waals surface area contributed by atoms with Gasteiger partial charge < -0.3 is 0 Å². The Kier molecular flexibility index (Phi) is 2.66. The highest BCUT2D eigenvalue weighted by molar-refractivity contribution is 7.15. The number of rotatable bonds is 1. The van der Waals surface area contributed by atoms with Crippen molar-refractivity contribution in [2.75, 3.05) is 0 Å². The second kappa shape index (κ2) is 4.33. The van der Waals surface area contributed by atoms with Crippen LogP contribution in [0.15, 0.2) is 18.3 Å². The minimum Gasteiger partial charge on any atom is -0.298 e. The van der Waals surface area contributed by atoms with Gasteiger partial charge in [-0.3, -0.25) is 4.57 Å². The van der Waals surface area contributed by atoms with Gasteiger partial charge in [-0.15, -0.1) is 11.3 Å². The second-order valence-electron chi connectivity index (χ2n) is 4.38. The molecule has 1 aliphatic rings. The number of hydrogen-bond acceptors (Lipinski definition) is 3. The van der Waals surface area contributed by atoms with Crippen molar-refractivity contribution >= 4 is 11.3 Å². The maximum absolute atomic E-state index is 9.39. The molecule has 2 aromatic heterocycles. The Morgan fingerprint density at radius 1 is 1.17 bits per heavy atom.